The first kappa shape index (κ1) is 18.0. The van der Waals surface area contributed by atoms with Crippen molar-refractivity contribution in [3.63, 3.8) is 0 Å². The number of rotatable bonds is 3. The Morgan fingerprint density at radius 2 is 1.96 bits per heavy atom. The van der Waals surface area contributed by atoms with Crippen LogP contribution in [0.2, 0.25) is 10.0 Å². The molecule has 2 N–H and O–H groups in total. The van der Waals surface area contributed by atoms with Gasteiger partial charge in [-0.05, 0) is 48.0 Å². The lowest BCUT2D eigenvalue weighted by molar-refractivity contribution is -0.811. The van der Waals surface area contributed by atoms with Crippen molar-refractivity contribution in [1.29, 1.82) is 0 Å². The predicted octanol–water partition coefficient (Wildman–Crippen LogP) is 3.60. The van der Waals surface area contributed by atoms with Crippen LogP contribution in [0.3, 0.4) is 0 Å². The maximum absolute atomic E-state index is 12.2. The Kier molecular flexibility index (Phi) is 4.42. The Labute approximate surface area is 162 Å². The second-order valence-corrected chi connectivity index (χ2v) is 8.14. The van der Waals surface area contributed by atoms with Gasteiger partial charge in [0, 0.05) is 29.1 Å². The minimum Gasteiger partial charge on any atom is -0.630 e. The van der Waals surface area contributed by atoms with Gasteiger partial charge in [-0.25, -0.2) is 0 Å². The zero-order valence-corrected chi connectivity index (χ0v) is 15.8. The molecular formula is C19H20Cl2N2O3. The molecule has 0 aliphatic carbocycles. The maximum atomic E-state index is 12.2. The molecule has 0 aromatic heterocycles. The molecule has 0 spiro atoms. The first-order valence-electron chi connectivity index (χ1n) is 8.53. The number of halogens is 2. The van der Waals surface area contributed by atoms with Crippen LogP contribution < -0.4 is 0 Å². The molecule has 138 valence electrons. The SMILES string of the molecule is CN1Cc2c(Cl)cc(Cl)cc2C(c2ccc(O)c(C(O)[N+]3([O-])CC3)c2)C1. The van der Waals surface area contributed by atoms with Crippen LogP contribution in [0, 0.1) is 5.21 Å². The first-order chi connectivity index (χ1) is 12.3. The fourth-order valence-electron chi connectivity index (χ4n) is 3.72. The Bertz CT molecular complexity index is 870. The number of nitrogens with zero attached hydrogens (tertiary/aromatic N) is 2. The summed E-state index contributed by atoms with van der Waals surface area (Å²) in [5, 5.41) is 34.0. The molecule has 2 aliphatic rings. The summed E-state index contributed by atoms with van der Waals surface area (Å²) in [6, 6.07) is 8.78. The van der Waals surface area contributed by atoms with Crippen molar-refractivity contribution in [1.82, 2.24) is 4.90 Å². The summed E-state index contributed by atoms with van der Waals surface area (Å²) in [7, 11) is 2.02. The number of phenols is 1. The average Bonchev–Trinajstić information content (AvgIpc) is 3.34. The van der Waals surface area contributed by atoms with Crippen LogP contribution in [0.4, 0.5) is 0 Å². The van der Waals surface area contributed by atoms with Gasteiger partial charge in [0.1, 0.15) is 18.8 Å². The smallest absolute Gasteiger partial charge is 0.221 e. The van der Waals surface area contributed by atoms with E-state index < -0.39 is 10.9 Å². The van der Waals surface area contributed by atoms with Gasteiger partial charge in [0.25, 0.3) is 0 Å². The standard InChI is InChI=1S/C19H20Cl2N2O3/c1-22-9-15(13-7-12(20)8-17(21)16(13)10-22)11-2-3-18(24)14(6-11)19(25)23(26)4-5-23/h2-3,6-8,15,19,24-25H,4-5,9-10H2,1H3. The van der Waals surface area contributed by atoms with Crippen LogP contribution in [-0.2, 0) is 6.54 Å². The quantitative estimate of drug-likeness (QED) is 0.474. The van der Waals surface area contributed by atoms with E-state index in [-0.39, 0.29) is 17.2 Å². The van der Waals surface area contributed by atoms with E-state index in [1.807, 2.05) is 19.2 Å². The van der Waals surface area contributed by atoms with E-state index in [0.29, 0.717) is 23.1 Å². The molecule has 4 rings (SSSR count). The molecule has 0 bridgehead atoms. The average molecular weight is 395 g/mol. The summed E-state index contributed by atoms with van der Waals surface area (Å²) in [5.74, 6) is -0.0733. The lowest BCUT2D eigenvalue weighted by atomic mass is 9.84. The van der Waals surface area contributed by atoms with E-state index in [4.69, 9.17) is 23.2 Å². The Hall–Kier alpha value is -1.34. The molecule has 0 radical (unpaired) electrons. The van der Waals surface area contributed by atoms with Gasteiger partial charge in [-0.1, -0.05) is 29.3 Å². The van der Waals surface area contributed by atoms with Gasteiger partial charge < -0.3 is 25.0 Å². The van der Waals surface area contributed by atoms with Gasteiger partial charge in [0.05, 0.1) is 5.56 Å². The molecule has 2 atom stereocenters. The number of benzene rings is 2. The van der Waals surface area contributed by atoms with E-state index in [9.17, 15) is 15.4 Å². The highest BCUT2D eigenvalue weighted by atomic mass is 35.5. The lowest BCUT2D eigenvalue weighted by Crippen LogP contribution is -2.31. The fraction of sp³-hybridized carbons (Fsp3) is 0.368. The number of hydrogen-bond donors (Lipinski definition) is 2. The zero-order valence-electron chi connectivity index (χ0n) is 14.3. The summed E-state index contributed by atoms with van der Waals surface area (Å²) in [6.07, 6.45) is -1.27. The monoisotopic (exact) mass is 394 g/mol. The summed E-state index contributed by atoms with van der Waals surface area (Å²) < 4.78 is -0.699. The molecule has 2 aromatic carbocycles. The third-order valence-electron chi connectivity index (χ3n) is 5.33. The van der Waals surface area contributed by atoms with E-state index in [0.717, 1.165) is 29.8 Å². The number of hydrogen-bond acceptors (Lipinski definition) is 4. The Balaban J connectivity index is 1.79. The van der Waals surface area contributed by atoms with Gasteiger partial charge in [0.15, 0.2) is 0 Å². The molecule has 0 saturated carbocycles. The summed E-state index contributed by atoms with van der Waals surface area (Å²) in [6.45, 7) is 2.22. The molecule has 1 saturated heterocycles. The van der Waals surface area contributed by atoms with E-state index >= 15 is 0 Å². The number of aliphatic hydroxyl groups is 1. The largest absolute Gasteiger partial charge is 0.630 e. The summed E-state index contributed by atoms with van der Waals surface area (Å²) in [4.78, 5) is 2.17. The molecule has 5 nitrogen and oxygen atoms in total. The van der Waals surface area contributed by atoms with E-state index in [1.165, 1.54) is 0 Å². The molecule has 7 heteroatoms. The second-order valence-electron chi connectivity index (χ2n) is 7.30. The molecule has 2 aliphatic heterocycles. The van der Waals surface area contributed by atoms with Crippen molar-refractivity contribution in [3.8, 4) is 5.75 Å². The van der Waals surface area contributed by atoms with E-state index in [1.54, 1.807) is 18.2 Å². The third-order valence-corrected chi connectivity index (χ3v) is 5.89. The van der Waals surface area contributed by atoms with Crippen molar-refractivity contribution in [2.75, 3.05) is 26.7 Å². The second kappa shape index (κ2) is 6.37. The normalized spacial score (nSPS) is 22.7. The summed E-state index contributed by atoms with van der Waals surface area (Å²) in [5.41, 5.74) is 3.27. The van der Waals surface area contributed by atoms with Gasteiger partial charge in [-0.15, -0.1) is 0 Å². The number of aliphatic hydroxyl groups excluding tert-OH is 1. The van der Waals surface area contributed by atoms with Crippen LogP contribution in [0.15, 0.2) is 30.3 Å². The Morgan fingerprint density at radius 3 is 2.65 bits per heavy atom. The molecule has 1 fully saturated rings. The number of quaternary nitrogens is 1. The predicted molar refractivity (Wildman–Crippen MR) is 101 cm³/mol. The fourth-order valence-corrected chi connectivity index (χ4v) is 4.29. The van der Waals surface area contributed by atoms with Crippen LogP contribution in [0.5, 0.6) is 5.75 Å². The molecular weight excluding hydrogens is 375 g/mol. The highest BCUT2D eigenvalue weighted by molar-refractivity contribution is 6.35. The number of likely N-dealkylation sites (N-methyl/N-ethyl adjacent to an activating group) is 1. The highest BCUT2D eigenvalue weighted by Gasteiger charge is 2.42. The van der Waals surface area contributed by atoms with Crippen LogP contribution in [0.25, 0.3) is 0 Å². The number of fused-ring (bicyclic) bond motifs is 1. The topological polar surface area (TPSA) is 66.8 Å². The molecule has 2 aromatic rings. The van der Waals surface area contributed by atoms with Crippen LogP contribution in [-0.4, -0.2) is 46.4 Å². The van der Waals surface area contributed by atoms with Gasteiger partial charge >= 0.3 is 0 Å². The minimum atomic E-state index is -1.27. The minimum absolute atomic E-state index is 0.0131. The van der Waals surface area contributed by atoms with Crippen molar-refractivity contribution in [2.24, 2.45) is 0 Å². The number of hydroxylamine groups is 3. The number of phenolic OH excluding ortho intramolecular Hbond substituents is 1. The molecule has 2 heterocycles. The van der Waals surface area contributed by atoms with Gasteiger partial charge in [0.2, 0.25) is 6.23 Å². The first-order valence-corrected chi connectivity index (χ1v) is 9.29. The zero-order chi connectivity index (χ0) is 18.6. The molecule has 0 amide bonds. The molecule has 2 unspecified atom stereocenters. The van der Waals surface area contributed by atoms with Crippen molar-refractivity contribution in [3.05, 3.63) is 67.8 Å². The van der Waals surface area contributed by atoms with Gasteiger partial charge in [-0.2, -0.15) is 0 Å². The maximum Gasteiger partial charge on any atom is 0.221 e. The third kappa shape index (κ3) is 3.09. The van der Waals surface area contributed by atoms with Crippen molar-refractivity contribution in [2.45, 2.75) is 18.7 Å². The van der Waals surface area contributed by atoms with Crippen molar-refractivity contribution < 1.29 is 14.9 Å². The van der Waals surface area contributed by atoms with Crippen LogP contribution in [0.1, 0.15) is 34.4 Å². The Morgan fingerprint density at radius 1 is 1.23 bits per heavy atom. The van der Waals surface area contributed by atoms with Crippen LogP contribution >= 0.6 is 23.2 Å². The summed E-state index contributed by atoms with van der Waals surface area (Å²) >= 11 is 12.6. The van der Waals surface area contributed by atoms with Crippen molar-refractivity contribution >= 4 is 23.2 Å². The number of aromatic hydroxyl groups is 1. The van der Waals surface area contributed by atoms with Gasteiger partial charge in [-0.3, -0.25) is 0 Å². The lowest BCUT2D eigenvalue weighted by Gasteiger charge is -2.34. The molecule has 26 heavy (non-hydrogen) atoms. The van der Waals surface area contributed by atoms with E-state index in [2.05, 4.69) is 4.90 Å². The highest BCUT2D eigenvalue weighted by Crippen LogP contribution is 2.42.